The van der Waals surface area contributed by atoms with Crippen molar-refractivity contribution in [2.24, 2.45) is 0 Å². The van der Waals surface area contributed by atoms with Crippen LogP contribution in [0.4, 0.5) is 0 Å². The summed E-state index contributed by atoms with van der Waals surface area (Å²) in [4.78, 5) is 11.1. The van der Waals surface area contributed by atoms with Crippen LogP contribution < -0.4 is 0 Å². The first-order valence-corrected chi connectivity index (χ1v) is 18.5. The number of hydrogen-bond donors (Lipinski definition) is 0. The summed E-state index contributed by atoms with van der Waals surface area (Å²) in [7, 11) is 0. The Kier molecular flexibility index (Phi) is 5.65. The predicted molar refractivity (Wildman–Crippen MR) is 221 cm³/mol. The van der Waals surface area contributed by atoms with Crippen LogP contribution in [0.15, 0.2) is 164 Å². The van der Waals surface area contributed by atoms with E-state index in [1.807, 2.05) is 11.3 Å². The molecule has 0 aliphatic rings. The fourth-order valence-corrected chi connectivity index (χ4v) is 9.81. The fraction of sp³-hybridized carbons (Fsp3) is 0. The molecule has 0 aliphatic carbocycles. The van der Waals surface area contributed by atoms with E-state index in [0.29, 0.717) is 0 Å². The minimum absolute atomic E-state index is 0.832. The average molecular weight is 678 g/mol. The van der Waals surface area contributed by atoms with Gasteiger partial charge in [0.25, 0.3) is 0 Å². The maximum absolute atomic E-state index is 5.57. The molecule has 0 unspecified atom stereocenters. The lowest BCUT2D eigenvalue weighted by Gasteiger charge is -2.15. The fourth-order valence-electron chi connectivity index (χ4n) is 8.67. The van der Waals surface area contributed by atoms with Crippen molar-refractivity contribution in [1.29, 1.82) is 0 Å². The summed E-state index contributed by atoms with van der Waals surface area (Å²) in [6.45, 7) is 0. The van der Waals surface area contributed by atoms with Gasteiger partial charge in [0.1, 0.15) is 5.69 Å². The monoisotopic (exact) mass is 677 g/mol. The van der Waals surface area contributed by atoms with E-state index in [0.717, 1.165) is 49.9 Å². The standard InChI is InChI=1S/C48H27N3S/c1-2-10-28(11-3-1)29-20-22-31(23-21-29)46-48(49-37-25-24-30-12-4-5-13-32(30)47(37)50-46)51-38-18-8-16-35-33-14-6-7-15-34(33)36-17-9-19-40-43(36)45-41(52-40)27-26-39(51)44(45)42(35)38/h1-27H. The Morgan fingerprint density at radius 1 is 0.385 bits per heavy atom. The van der Waals surface area contributed by atoms with Gasteiger partial charge in [-0.1, -0.05) is 133 Å². The molecule has 3 nitrogen and oxygen atoms in total. The molecular formula is C48H27N3S. The van der Waals surface area contributed by atoms with Gasteiger partial charge in [-0.25, -0.2) is 9.97 Å². The number of fused-ring (bicyclic) bond motifs is 6. The molecule has 0 radical (unpaired) electrons. The van der Waals surface area contributed by atoms with Crippen molar-refractivity contribution in [1.82, 2.24) is 14.5 Å². The van der Waals surface area contributed by atoms with Crippen LogP contribution in [0.5, 0.6) is 0 Å². The Bertz CT molecular complexity index is 3390. The van der Waals surface area contributed by atoms with Crippen LogP contribution in [0.25, 0.3) is 114 Å². The Labute approximate surface area is 302 Å². The van der Waals surface area contributed by atoms with Crippen molar-refractivity contribution in [3.8, 4) is 28.2 Å². The first kappa shape index (κ1) is 28.1. The van der Waals surface area contributed by atoms with Gasteiger partial charge in [0.2, 0.25) is 0 Å². The molecule has 4 heteroatoms. The van der Waals surface area contributed by atoms with Crippen molar-refractivity contribution in [2.75, 3.05) is 0 Å². The second-order valence-electron chi connectivity index (χ2n) is 13.7. The maximum Gasteiger partial charge on any atom is 0.165 e. The number of benzene rings is 8. The SMILES string of the molecule is c1ccc(-c2ccc(-c3nc4c(ccc5ccccc54)nc3-n3c4cccc5c6ccccc6c6cccc7sc8ccc3c(c8c76)c54)cc2)cc1. The summed E-state index contributed by atoms with van der Waals surface area (Å²) in [6, 6.07) is 59.2. The van der Waals surface area contributed by atoms with Gasteiger partial charge in [0.05, 0.1) is 22.1 Å². The highest BCUT2D eigenvalue weighted by molar-refractivity contribution is 7.26. The molecule has 3 heterocycles. The molecule has 0 spiro atoms. The van der Waals surface area contributed by atoms with E-state index >= 15 is 0 Å². The summed E-state index contributed by atoms with van der Waals surface area (Å²) in [5.41, 5.74) is 8.31. The number of aromatic nitrogens is 3. The lowest BCUT2D eigenvalue weighted by molar-refractivity contribution is 1.08. The molecule has 3 aromatic heterocycles. The molecule has 0 amide bonds. The van der Waals surface area contributed by atoms with Crippen molar-refractivity contribution in [3.63, 3.8) is 0 Å². The highest BCUT2D eigenvalue weighted by atomic mass is 32.1. The first-order valence-electron chi connectivity index (χ1n) is 17.7. The van der Waals surface area contributed by atoms with Gasteiger partial charge >= 0.3 is 0 Å². The zero-order valence-corrected chi connectivity index (χ0v) is 28.7. The van der Waals surface area contributed by atoms with Crippen molar-refractivity contribution in [2.45, 2.75) is 0 Å². The molecule has 12 aromatic rings. The van der Waals surface area contributed by atoms with E-state index in [9.17, 15) is 0 Å². The van der Waals surface area contributed by atoms with Crippen LogP contribution in [0, 0.1) is 0 Å². The summed E-state index contributed by atoms with van der Waals surface area (Å²) in [5.74, 6) is 0.832. The normalized spacial score (nSPS) is 12.2. The highest BCUT2D eigenvalue weighted by Crippen LogP contribution is 2.49. The van der Waals surface area contributed by atoms with Crippen molar-refractivity contribution < 1.29 is 0 Å². The highest BCUT2D eigenvalue weighted by Gasteiger charge is 2.25. The van der Waals surface area contributed by atoms with E-state index in [-0.39, 0.29) is 0 Å². The average Bonchev–Trinajstić information content (AvgIpc) is 3.76. The van der Waals surface area contributed by atoms with E-state index in [1.54, 1.807) is 0 Å². The minimum Gasteiger partial charge on any atom is -0.292 e. The van der Waals surface area contributed by atoms with Crippen LogP contribution in [-0.4, -0.2) is 14.5 Å². The van der Waals surface area contributed by atoms with Crippen LogP contribution in [0.3, 0.4) is 0 Å². The lowest BCUT2D eigenvalue weighted by atomic mass is 9.95. The molecule has 9 aromatic carbocycles. The van der Waals surface area contributed by atoms with Crippen molar-refractivity contribution in [3.05, 3.63) is 164 Å². The molecule has 240 valence electrons. The zero-order valence-electron chi connectivity index (χ0n) is 27.8. The minimum atomic E-state index is 0.832. The largest absolute Gasteiger partial charge is 0.292 e. The van der Waals surface area contributed by atoms with E-state index in [1.165, 1.54) is 63.6 Å². The summed E-state index contributed by atoms with van der Waals surface area (Å²) in [5, 5.41) is 12.5. The van der Waals surface area contributed by atoms with Gasteiger partial charge in [-0.05, 0) is 68.4 Å². The third-order valence-corrected chi connectivity index (χ3v) is 12.1. The van der Waals surface area contributed by atoms with Gasteiger partial charge < -0.3 is 0 Å². The predicted octanol–water partition coefficient (Wildman–Crippen LogP) is 13.3. The smallest absolute Gasteiger partial charge is 0.165 e. The lowest BCUT2D eigenvalue weighted by Crippen LogP contribution is -2.04. The molecule has 0 saturated carbocycles. The number of rotatable bonds is 3. The third kappa shape index (κ3) is 3.79. The molecule has 0 aliphatic heterocycles. The van der Waals surface area contributed by atoms with Crippen LogP contribution >= 0.6 is 11.3 Å². The van der Waals surface area contributed by atoms with Gasteiger partial charge in [-0.3, -0.25) is 4.57 Å². The summed E-state index contributed by atoms with van der Waals surface area (Å²) in [6.07, 6.45) is 0. The summed E-state index contributed by atoms with van der Waals surface area (Å²) < 4.78 is 5.00. The van der Waals surface area contributed by atoms with Gasteiger partial charge in [-0.2, -0.15) is 0 Å². The molecule has 0 atom stereocenters. The van der Waals surface area contributed by atoms with Gasteiger partial charge in [0.15, 0.2) is 5.82 Å². The Balaban J connectivity index is 1.26. The first-order chi connectivity index (χ1) is 25.8. The zero-order chi connectivity index (χ0) is 33.9. The topological polar surface area (TPSA) is 30.7 Å². The quantitative estimate of drug-likeness (QED) is 0.174. The number of nitrogens with zero attached hydrogens (tertiary/aromatic N) is 3. The molecule has 52 heavy (non-hydrogen) atoms. The molecule has 0 bridgehead atoms. The molecule has 0 saturated heterocycles. The van der Waals surface area contributed by atoms with Crippen LogP contribution in [0.1, 0.15) is 0 Å². The van der Waals surface area contributed by atoms with E-state index in [4.69, 9.17) is 9.97 Å². The van der Waals surface area contributed by atoms with Crippen LogP contribution in [-0.2, 0) is 0 Å². The van der Waals surface area contributed by atoms with Gasteiger partial charge in [-0.15, -0.1) is 11.3 Å². The Morgan fingerprint density at radius 3 is 1.85 bits per heavy atom. The maximum atomic E-state index is 5.57. The summed E-state index contributed by atoms with van der Waals surface area (Å²) >= 11 is 1.88. The molecule has 12 rings (SSSR count). The second-order valence-corrected chi connectivity index (χ2v) is 14.8. The molecule has 0 N–H and O–H groups in total. The van der Waals surface area contributed by atoms with E-state index < -0.39 is 0 Å². The Morgan fingerprint density at radius 2 is 1.02 bits per heavy atom. The molecule has 0 fully saturated rings. The Hall–Kier alpha value is -6.62. The van der Waals surface area contributed by atoms with Crippen LogP contribution in [0.2, 0.25) is 0 Å². The molecular weight excluding hydrogens is 651 g/mol. The number of thiophene rings is 1. The third-order valence-electron chi connectivity index (χ3n) is 10.9. The van der Waals surface area contributed by atoms with Crippen molar-refractivity contribution >= 4 is 96.7 Å². The number of hydrogen-bond acceptors (Lipinski definition) is 3. The van der Waals surface area contributed by atoms with E-state index in [2.05, 4.69) is 168 Å². The van der Waals surface area contributed by atoms with Gasteiger partial charge in [0, 0.05) is 41.9 Å². The second kappa shape index (κ2) is 10.5.